The Bertz CT molecular complexity index is 657. The highest BCUT2D eigenvalue weighted by Gasteiger charge is 2.30. The number of nitrogens with zero attached hydrogens (tertiary/aromatic N) is 2. The van der Waals surface area contributed by atoms with Crippen LogP contribution in [0, 0.1) is 5.92 Å². The van der Waals surface area contributed by atoms with Gasteiger partial charge in [-0.05, 0) is 45.7 Å². The van der Waals surface area contributed by atoms with E-state index in [4.69, 9.17) is 4.74 Å². The van der Waals surface area contributed by atoms with E-state index in [1.807, 2.05) is 20.8 Å². The highest BCUT2D eigenvalue weighted by atomic mass is 16.6. The summed E-state index contributed by atoms with van der Waals surface area (Å²) in [7, 11) is 0. The second-order valence-electron chi connectivity index (χ2n) is 7.60. The smallest absolute Gasteiger partial charge is 0.410 e. The Kier molecular flexibility index (Phi) is 7.15. The Morgan fingerprint density at radius 3 is 2.78 bits per heavy atom. The molecule has 0 saturated carbocycles. The minimum atomic E-state index is -0.562. The molecule has 2 heterocycles. The standard InChI is InChI=1S/C19H28N4O4/c1-19(2,3)27-18(26)23-11-5-6-14(13-23)17(25)21-10-8-16(24)22-15-7-4-9-20-12-15/h4,7,9,12,14H,5-6,8,10-11,13H2,1-3H3,(H,21,25)(H,22,24). The second kappa shape index (κ2) is 9.34. The zero-order valence-electron chi connectivity index (χ0n) is 16.2. The number of pyridine rings is 1. The van der Waals surface area contributed by atoms with Crippen molar-refractivity contribution in [2.45, 2.75) is 45.6 Å². The van der Waals surface area contributed by atoms with Gasteiger partial charge in [0.2, 0.25) is 11.8 Å². The minimum Gasteiger partial charge on any atom is -0.444 e. The van der Waals surface area contributed by atoms with Gasteiger partial charge in [-0.15, -0.1) is 0 Å². The van der Waals surface area contributed by atoms with Crippen molar-refractivity contribution in [1.82, 2.24) is 15.2 Å². The number of hydrogen-bond acceptors (Lipinski definition) is 5. The number of nitrogens with one attached hydrogen (secondary N) is 2. The van der Waals surface area contributed by atoms with Crippen LogP contribution < -0.4 is 10.6 Å². The summed E-state index contributed by atoms with van der Waals surface area (Å²) in [5.74, 6) is -0.618. The Morgan fingerprint density at radius 1 is 1.33 bits per heavy atom. The number of carbonyl (C=O) groups is 3. The van der Waals surface area contributed by atoms with Gasteiger partial charge in [0.25, 0.3) is 0 Å². The van der Waals surface area contributed by atoms with Crippen molar-refractivity contribution < 1.29 is 19.1 Å². The minimum absolute atomic E-state index is 0.141. The first-order valence-corrected chi connectivity index (χ1v) is 9.20. The molecule has 3 amide bonds. The van der Waals surface area contributed by atoms with Crippen molar-refractivity contribution in [1.29, 1.82) is 0 Å². The molecule has 8 heteroatoms. The topological polar surface area (TPSA) is 101 Å². The molecule has 0 aliphatic carbocycles. The average molecular weight is 376 g/mol. The van der Waals surface area contributed by atoms with Crippen molar-refractivity contribution in [2.75, 3.05) is 25.0 Å². The molecule has 148 valence electrons. The molecular formula is C19H28N4O4. The van der Waals surface area contributed by atoms with E-state index < -0.39 is 11.7 Å². The molecule has 1 fully saturated rings. The highest BCUT2D eigenvalue weighted by molar-refractivity contribution is 5.91. The van der Waals surface area contributed by atoms with Crippen molar-refractivity contribution in [3.63, 3.8) is 0 Å². The molecule has 0 spiro atoms. The van der Waals surface area contributed by atoms with Gasteiger partial charge in [0.05, 0.1) is 17.8 Å². The molecule has 1 unspecified atom stereocenters. The third kappa shape index (κ3) is 7.24. The summed E-state index contributed by atoms with van der Waals surface area (Å²) in [5, 5.41) is 5.50. The summed E-state index contributed by atoms with van der Waals surface area (Å²) in [6.45, 7) is 6.61. The van der Waals surface area contributed by atoms with Crippen molar-refractivity contribution in [2.24, 2.45) is 5.92 Å². The largest absolute Gasteiger partial charge is 0.444 e. The fourth-order valence-corrected chi connectivity index (χ4v) is 2.79. The molecule has 1 atom stereocenters. The first-order chi connectivity index (χ1) is 12.7. The fourth-order valence-electron chi connectivity index (χ4n) is 2.79. The molecule has 1 aromatic heterocycles. The number of rotatable bonds is 5. The molecule has 27 heavy (non-hydrogen) atoms. The fraction of sp³-hybridized carbons (Fsp3) is 0.579. The first-order valence-electron chi connectivity index (χ1n) is 9.20. The molecule has 1 aliphatic heterocycles. The lowest BCUT2D eigenvalue weighted by Gasteiger charge is -2.33. The van der Waals surface area contributed by atoms with Crippen molar-refractivity contribution >= 4 is 23.6 Å². The highest BCUT2D eigenvalue weighted by Crippen LogP contribution is 2.19. The van der Waals surface area contributed by atoms with Crippen LogP contribution in [0.2, 0.25) is 0 Å². The van der Waals surface area contributed by atoms with Gasteiger partial charge in [-0.1, -0.05) is 0 Å². The molecule has 1 saturated heterocycles. The molecule has 2 rings (SSSR count). The maximum absolute atomic E-state index is 12.4. The van der Waals surface area contributed by atoms with Crippen LogP contribution in [0.5, 0.6) is 0 Å². The van der Waals surface area contributed by atoms with Gasteiger partial charge in [0, 0.05) is 32.3 Å². The van der Waals surface area contributed by atoms with Crippen LogP contribution in [0.15, 0.2) is 24.5 Å². The number of piperidine rings is 1. The number of anilines is 1. The van der Waals surface area contributed by atoms with E-state index in [9.17, 15) is 14.4 Å². The quantitative estimate of drug-likeness (QED) is 0.820. The van der Waals surface area contributed by atoms with Gasteiger partial charge < -0.3 is 20.3 Å². The Morgan fingerprint density at radius 2 is 2.11 bits per heavy atom. The normalized spacial score (nSPS) is 17.1. The molecule has 0 aromatic carbocycles. The Balaban J connectivity index is 1.73. The van der Waals surface area contributed by atoms with Crippen molar-refractivity contribution in [3.05, 3.63) is 24.5 Å². The van der Waals surface area contributed by atoms with E-state index in [0.717, 1.165) is 6.42 Å². The van der Waals surface area contributed by atoms with Crippen LogP contribution >= 0.6 is 0 Å². The van der Waals surface area contributed by atoms with Crippen molar-refractivity contribution in [3.8, 4) is 0 Å². The van der Waals surface area contributed by atoms with E-state index in [-0.39, 0.29) is 30.7 Å². The van der Waals surface area contributed by atoms with E-state index >= 15 is 0 Å². The lowest BCUT2D eigenvalue weighted by atomic mass is 9.97. The maximum Gasteiger partial charge on any atom is 0.410 e. The van der Waals surface area contributed by atoms with Crippen LogP contribution in [0.3, 0.4) is 0 Å². The summed E-state index contributed by atoms with van der Waals surface area (Å²) in [6, 6.07) is 3.48. The number of ether oxygens (including phenoxy) is 1. The van der Waals surface area contributed by atoms with Gasteiger partial charge in [0.15, 0.2) is 0 Å². The number of amides is 3. The van der Waals surface area contributed by atoms with Gasteiger partial charge in [-0.25, -0.2) is 4.79 Å². The first kappa shape index (κ1) is 20.7. The third-order valence-electron chi connectivity index (χ3n) is 4.04. The van der Waals surface area contributed by atoms with Gasteiger partial charge in [0.1, 0.15) is 5.60 Å². The van der Waals surface area contributed by atoms with Crippen LogP contribution in [-0.4, -0.2) is 53.0 Å². The molecule has 0 bridgehead atoms. The number of aromatic nitrogens is 1. The average Bonchev–Trinajstić information content (AvgIpc) is 2.61. The van der Waals surface area contributed by atoms with Crippen LogP contribution in [0.4, 0.5) is 10.5 Å². The lowest BCUT2D eigenvalue weighted by molar-refractivity contribution is -0.126. The zero-order chi connectivity index (χ0) is 19.9. The van der Waals surface area contributed by atoms with E-state index in [1.165, 1.54) is 0 Å². The Labute approximate surface area is 159 Å². The van der Waals surface area contributed by atoms with Gasteiger partial charge in [-0.3, -0.25) is 14.6 Å². The lowest BCUT2D eigenvalue weighted by Crippen LogP contribution is -2.47. The van der Waals surface area contributed by atoms with Gasteiger partial charge in [-0.2, -0.15) is 0 Å². The van der Waals surface area contributed by atoms with Crippen LogP contribution in [0.1, 0.15) is 40.0 Å². The number of hydrogen-bond donors (Lipinski definition) is 2. The molecule has 8 nitrogen and oxygen atoms in total. The number of likely N-dealkylation sites (tertiary alicyclic amines) is 1. The zero-order valence-corrected chi connectivity index (χ0v) is 16.2. The predicted octanol–water partition coefficient (Wildman–Crippen LogP) is 2.17. The molecule has 2 N–H and O–H groups in total. The van der Waals surface area contributed by atoms with E-state index in [0.29, 0.717) is 25.2 Å². The van der Waals surface area contributed by atoms with Crippen LogP contribution in [0.25, 0.3) is 0 Å². The monoisotopic (exact) mass is 376 g/mol. The van der Waals surface area contributed by atoms with Crippen LogP contribution in [-0.2, 0) is 14.3 Å². The van der Waals surface area contributed by atoms with Gasteiger partial charge >= 0.3 is 6.09 Å². The molecular weight excluding hydrogens is 348 g/mol. The molecule has 1 aromatic rings. The summed E-state index contributed by atoms with van der Waals surface area (Å²) >= 11 is 0. The third-order valence-corrected chi connectivity index (χ3v) is 4.04. The number of carbonyl (C=O) groups excluding carboxylic acids is 3. The summed E-state index contributed by atoms with van der Waals surface area (Å²) in [4.78, 5) is 41.9. The van der Waals surface area contributed by atoms with E-state index in [1.54, 1.807) is 29.4 Å². The second-order valence-corrected chi connectivity index (χ2v) is 7.60. The van der Waals surface area contributed by atoms with E-state index in [2.05, 4.69) is 15.6 Å². The summed E-state index contributed by atoms with van der Waals surface area (Å²) in [6.07, 6.45) is 4.43. The summed E-state index contributed by atoms with van der Waals surface area (Å²) in [5.41, 5.74) is 0.0580. The SMILES string of the molecule is CC(C)(C)OC(=O)N1CCCC(C(=O)NCCC(=O)Nc2cccnc2)C1. The maximum atomic E-state index is 12.4. The summed E-state index contributed by atoms with van der Waals surface area (Å²) < 4.78 is 5.37. The Hall–Kier alpha value is -2.64. The predicted molar refractivity (Wildman–Crippen MR) is 101 cm³/mol. The molecule has 1 aliphatic rings. The molecule has 0 radical (unpaired) electrons.